The van der Waals surface area contributed by atoms with E-state index in [1.807, 2.05) is 38.4 Å². The van der Waals surface area contributed by atoms with Gasteiger partial charge in [0.15, 0.2) is 0 Å². The molecule has 3 atom stereocenters. The summed E-state index contributed by atoms with van der Waals surface area (Å²) in [4.78, 5) is 15.2. The summed E-state index contributed by atoms with van der Waals surface area (Å²) >= 11 is 13.3. The summed E-state index contributed by atoms with van der Waals surface area (Å²) in [6.45, 7) is 0.571. The molecule has 1 amide bonds. The van der Waals surface area contributed by atoms with E-state index < -0.39 is 0 Å². The maximum atomic E-state index is 13.3. The van der Waals surface area contributed by atoms with Crippen molar-refractivity contribution in [2.75, 3.05) is 20.6 Å². The van der Waals surface area contributed by atoms with E-state index in [4.69, 9.17) is 23.2 Å². The van der Waals surface area contributed by atoms with Gasteiger partial charge in [0, 0.05) is 16.4 Å². The molecule has 0 saturated heterocycles. The van der Waals surface area contributed by atoms with Gasteiger partial charge < -0.3 is 10.2 Å². The highest BCUT2D eigenvalue weighted by atomic mass is 35.5. The fourth-order valence-corrected chi connectivity index (χ4v) is 7.06. The minimum Gasteiger partial charge on any atom is -0.354 e. The molecule has 0 spiro atoms. The van der Waals surface area contributed by atoms with Crippen molar-refractivity contribution in [2.24, 2.45) is 17.3 Å². The third-order valence-electron chi connectivity index (χ3n) is 6.81. The van der Waals surface area contributed by atoms with Gasteiger partial charge in [-0.05, 0) is 76.1 Å². The van der Waals surface area contributed by atoms with Crippen LogP contribution in [0.3, 0.4) is 0 Å². The van der Waals surface area contributed by atoms with Crippen molar-refractivity contribution in [3.63, 3.8) is 0 Å². The largest absolute Gasteiger partial charge is 0.354 e. The molecule has 0 radical (unpaired) electrons. The van der Waals surface area contributed by atoms with Crippen molar-refractivity contribution in [2.45, 2.75) is 49.4 Å². The summed E-state index contributed by atoms with van der Waals surface area (Å²) in [5.41, 5.74) is 0.808. The number of alkyl halides is 1. The fourth-order valence-electron chi connectivity index (χ4n) is 6.11. The van der Waals surface area contributed by atoms with Gasteiger partial charge in [0.25, 0.3) is 0 Å². The molecule has 0 heterocycles. The lowest BCUT2D eigenvalue weighted by atomic mass is 9.49. The molecule has 4 bridgehead atoms. The van der Waals surface area contributed by atoms with Gasteiger partial charge in [-0.1, -0.05) is 29.8 Å². The summed E-state index contributed by atoms with van der Waals surface area (Å²) in [5.74, 6) is 1.47. The van der Waals surface area contributed by atoms with E-state index in [0.717, 1.165) is 42.7 Å². The number of likely N-dealkylation sites (N-methyl/N-ethyl adjacent to an activating group) is 1. The number of carbonyl (C=O) groups is 1. The zero-order chi connectivity index (χ0) is 18.5. The van der Waals surface area contributed by atoms with Crippen LogP contribution in [0.15, 0.2) is 24.3 Å². The lowest BCUT2D eigenvalue weighted by molar-refractivity contribution is -0.144. The van der Waals surface area contributed by atoms with E-state index in [9.17, 15) is 4.79 Å². The van der Waals surface area contributed by atoms with Gasteiger partial charge in [-0.25, -0.2) is 0 Å². The molecule has 3 nitrogen and oxygen atoms in total. The zero-order valence-electron chi connectivity index (χ0n) is 15.6. The van der Waals surface area contributed by atoms with Crippen LogP contribution in [0.1, 0.15) is 50.1 Å². The van der Waals surface area contributed by atoms with Crippen LogP contribution in [-0.4, -0.2) is 36.3 Å². The third-order valence-corrected chi connectivity index (χ3v) is 7.60. The van der Waals surface area contributed by atoms with E-state index in [0.29, 0.717) is 18.4 Å². The molecule has 0 unspecified atom stereocenters. The number of halogens is 2. The molecule has 5 rings (SSSR count). The first-order valence-electron chi connectivity index (χ1n) is 9.68. The summed E-state index contributed by atoms with van der Waals surface area (Å²) in [5, 5.41) is 4.01. The Labute approximate surface area is 166 Å². The van der Waals surface area contributed by atoms with Crippen LogP contribution in [-0.2, 0) is 4.79 Å². The van der Waals surface area contributed by atoms with Gasteiger partial charge in [-0.15, -0.1) is 11.6 Å². The Balaban J connectivity index is 1.49. The first-order valence-corrected chi connectivity index (χ1v) is 10.4. The van der Waals surface area contributed by atoms with Gasteiger partial charge in [0.05, 0.1) is 11.5 Å². The summed E-state index contributed by atoms with van der Waals surface area (Å²) in [6, 6.07) is 7.94. The number of hydrogen-bond acceptors (Lipinski definition) is 2. The second kappa shape index (κ2) is 6.68. The maximum absolute atomic E-state index is 13.3. The van der Waals surface area contributed by atoms with Crippen LogP contribution in [0, 0.1) is 17.3 Å². The Hall–Kier alpha value is -0.770. The normalized spacial score (nSPS) is 36.3. The molecule has 4 saturated carbocycles. The van der Waals surface area contributed by atoms with Crippen LogP contribution >= 0.6 is 23.2 Å². The second-order valence-corrected chi connectivity index (χ2v) is 10.3. The second-order valence-electron chi connectivity index (χ2n) is 9.10. The van der Waals surface area contributed by atoms with Crippen molar-refractivity contribution in [1.29, 1.82) is 0 Å². The maximum Gasteiger partial charge on any atom is 0.226 e. The lowest BCUT2D eigenvalue weighted by Crippen LogP contribution is -2.58. The molecule has 142 valence electrons. The number of amides is 1. The monoisotopic (exact) mass is 394 g/mol. The SMILES string of the molecule is CN(C)[C@@H](CNC(=O)C12C[C@@H]3C[C@H](CC(Cl)(C3)C1)C2)c1ccccc1Cl. The zero-order valence-corrected chi connectivity index (χ0v) is 17.1. The summed E-state index contributed by atoms with van der Waals surface area (Å²) in [6.07, 6.45) is 6.34. The molecule has 4 aliphatic rings. The molecule has 1 N–H and O–H groups in total. The average Bonchev–Trinajstić information content (AvgIpc) is 2.53. The van der Waals surface area contributed by atoms with Gasteiger partial charge in [-0.3, -0.25) is 4.79 Å². The van der Waals surface area contributed by atoms with Crippen molar-refractivity contribution in [1.82, 2.24) is 10.2 Å². The van der Waals surface area contributed by atoms with Gasteiger partial charge in [0.2, 0.25) is 5.91 Å². The molecule has 0 aliphatic heterocycles. The highest BCUT2D eigenvalue weighted by Crippen LogP contribution is 2.63. The molecular formula is C21H28Cl2N2O. The smallest absolute Gasteiger partial charge is 0.226 e. The number of carbonyl (C=O) groups excluding carboxylic acids is 1. The number of nitrogens with zero attached hydrogens (tertiary/aromatic N) is 1. The van der Waals surface area contributed by atoms with Crippen molar-refractivity contribution in [3.05, 3.63) is 34.9 Å². The predicted molar refractivity (Wildman–Crippen MR) is 107 cm³/mol. The predicted octanol–water partition coefficient (Wildman–Crippen LogP) is 4.64. The minimum absolute atomic E-state index is 0.0616. The topological polar surface area (TPSA) is 32.3 Å². The number of hydrogen-bond donors (Lipinski definition) is 1. The number of benzene rings is 1. The fraction of sp³-hybridized carbons (Fsp3) is 0.667. The molecule has 5 heteroatoms. The minimum atomic E-state index is -0.247. The highest BCUT2D eigenvalue weighted by molar-refractivity contribution is 6.31. The van der Waals surface area contributed by atoms with Gasteiger partial charge in [0.1, 0.15) is 0 Å². The van der Waals surface area contributed by atoms with Crippen molar-refractivity contribution in [3.8, 4) is 0 Å². The summed E-state index contributed by atoms with van der Waals surface area (Å²) in [7, 11) is 4.05. The Morgan fingerprint density at radius 2 is 1.88 bits per heavy atom. The lowest BCUT2D eigenvalue weighted by Gasteiger charge is -2.59. The number of nitrogens with one attached hydrogen (secondary N) is 1. The molecular weight excluding hydrogens is 367 g/mol. The van der Waals surface area contributed by atoms with Crippen LogP contribution in [0.4, 0.5) is 0 Å². The van der Waals surface area contributed by atoms with E-state index in [1.54, 1.807) is 0 Å². The van der Waals surface area contributed by atoms with E-state index in [-0.39, 0.29) is 22.2 Å². The molecule has 26 heavy (non-hydrogen) atoms. The van der Waals surface area contributed by atoms with Crippen molar-refractivity contribution >= 4 is 29.1 Å². The van der Waals surface area contributed by atoms with Crippen LogP contribution in [0.25, 0.3) is 0 Å². The van der Waals surface area contributed by atoms with E-state index in [2.05, 4.69) is 10.2 Å². The van der Waals surface area contributed by atoms with Gasteiger partial charge >= 0.3 is 0 Å². The van der Waals surface area contributed by atoms with Gasteiger partial charge in [-0.2, -0.15) is 0 Å². The van der Waals surface area contributed by atoms with E-state index in [1.165, 1.54) is 6.42 Å². The van der Waals surface area contributed by atoms with Crippen molar-refractivity contribution < 1.29 is 4.79 Å². The van der Waals surface area contributed by atoms with Crippen LogP contribution in [0.5, 0.6) is 0 Å². The third kappa shape index (κ3) is 3.27. The molecule has 4 aliphatic carbocycles. The molecule has 1 aromatic carbocycles. The number of rotatable bonds is 5. The average molecular weight is 395 g/mol. The molecule has 4 fully saturated rings. The highest BCUT2D eigenvalue weighted by Gasteiger charge is 2.60. The quantitative estimate of drug-likeness (QED) is 0.737. The standard InChI is InChI=1S/C21H28Cl2N2O/c1-25(2)18(16-5-3-4-6-17(16)22)12-24-19(26)20-8-14-7-15(9-20)11-21(23,10-14)13-20/h3-6,14-15,18H,7-13H2,1-2H3,(H,24,26)/t14-,15-,18-,20?,21?/m0/s1. The summed E-state index contributed by atoms with van der Waals surface area (Å²) < 4.78 is 0. The van der Waals surface area contributed by atoms with Crippen LogP contribution < -0.4 is 5.32 Å². The molecule has 0 aromatic heterocycles. The Bertz CT molecular complexity index is 691. The Morgan fingerprint density at radius 1 is 1.23 bits per heavy atom. The first kappa shape index (κ1) is 18.6. The Kier molecular flexibility index (Phi) is 4.78. The van der Waals surface area contributed by atoms with Crippen LogP contribution in [0.2, 0.25) is 5.02 Å². The Morgan fingerprint density at radius 3 is 2.46 bits per heavy atom. The van der Waals surface area contributed by atoms with E-state index >= 15 is 0 Å². The first-order chi connectivity index (χ1) is 12.3. The molecule has 1 aromatic rings.